The summed E-state index contributed by atoms with van der Waals surface area (Å²) < 4.78 is 0. The number of allylic oxidation sites excluding steroid dienone is 7. The Bertz CT molecular complexity index is 303. The molecule has 0 fully saturated rings. The van der Waals surface area contributed by atoms with Crippen LogP contribution in [0.15, 0.2) is 47.6 Å². The maximum absolute atomic E-state index is 3.75. The predicted octanol–water partition coefficient (Wildman–Crippen LogP) is 5.06. The fraction of sp³-hybridized carbons (Fsp3) is 0.467. The summed E-state index contributed by atoms with van der Waals surface area (Å²) in [6, 6.07) is 0. The van der Waals surface area contributed by atoms with Crippen molar-refractivity contribution in [1.29, 1.82) is 0 Å². The van der Waals surface area contributed by atoms with Crippen LogP contribution in [0.2, 0.25) is 0 Å². The molecule has 0 spiro atoms. The van der Waals surface area contributed by atoms with E-state index < -0.39 is 0 Å². The Morgan fingerprint density at radius 3 is 2.00 bits per heavy atom. The molecule has 0 bridgehead atoms. The molecular formula is C15H24. The van der Waals surface area contributed by atoms with Gasteiger partial charge in [-0.25, -0.2) is 0 Å². The van der Waals surface area contributed by atoms with E-state index in [2.05, 4.69) is 59.4 Å². The second-order valence-electron chi connectivity index (χ2n) is 4.86. The van der Waals surface area contributed by atoms with Crippen LogP contribution in [0.5, 0.6) is 0 Å². The Kier molecular flexibility index (Phi) is 5.35. The Morgan fingerprint density at radius 1 is 1.13 bits per heavy atom. The van der Waals surface area contributed by atoms with Gasteiger partial charge >= 0.3 is 0 Å². The first kappa shape index (κ1) is 14.0. The molecule has 0 atom stereocenters. The summed E-state index contributed by atoms with van der Waals surface area (Å²) in [5, 5.41) is 0. The summed E-state index contributed by atoms with van der Waals surface area (Å²) in [7, 11) is 0. The van der Waals surface area contributed by atoms with Gasteiger partial charge in [0, 0.05) is 0 Å². The van der Waals surface area contributed by atoms with Crippen molar-refractivity contribution in [2.75, 3.05) is 0 Å². The zero-order chi connectivity index (χ0) is 12.1. The molecule has 15 heavy (non-hydrogen) atoms. The van der Waals surface area contributed by atoms with E-state index in [1.165, 1.54) is 16.7 Å². The van der Waals surface area contributed by atoms with Crippen molar-refractivity contribution < 1.29 is 0 Å². The summed E-state index contributed by atoms with van der Waals surface area (Å²) in [6.45, 7) is 16.9. The minimum absolute atomic E-state index is 0.228. The van der Waals surface area contributed by atoms with E-state index in [1.807, 2.05) is 13.0 Å². The second kappa shape index (κ2) is 5.75. The molecule has 0 aromatic rings. The molecule has 0 radical (unpaired) electrons. The van der Waals surface area contributed by atoms with E-state index in [0.717, 1.165) is 0 Å². The standard InChI is InChI=1S/C15H24/c1-8-10-14(11-9-2)12(3)13(4)15(5,6)7/h8-11H,1H2,2-7H3/b11-9-,13-12-,14-10+. The van der Waals surface area contributed by atoms with E-state index in [4.69, 9.17) is 0 Å². The summed E-state index contributed by atoms with van der Waals surface area (Å²) >= 11 is 0. The number of hydrogen-bond donors (Lipinski definition) is 0. The van der Waals surface area contributed by atoms with Gasteiger partial charge in [-0.3, -0.25) is 0 Å². The molecule has 0 nitrogen and oxygen atoms in total. The molecule has 0 rings (SSSR count). The van der Waals surface area contributed by atoms with Crippen LogP contribution in [0.25, 0.3) is 0 Å². The SMILES string of the molecule is C=C/C=C(\C=C/C)C(/C)=C(/C)C(C)(C)C. The van der Waals surface area contributed by atoms with Gasteiger partial charge in [-0.15, -0.1) is 0 Å². The quantitative estimate of drug-likeness (QED) is 0.564. The monoisotopic (exact) mass is 204 g/mol. The number of rotatable bonds is 3. The van der Waals surface area contributed by atoms with Crippen molar-refractivity contribution in [2.45, 2.75) is 41.5 Å². The zero-order valence-corrected chi connectivity index (χ0v) is 11.0. The van der Waals surface area contributed by atoms with Gasteiger partial charge in [0.2, 0.25) is 0 Å². The summed E-state index contributed by atoms with van der Waals surface area (Å²) in [5.41, 5.74) is 4.25. The molecular weight excluding hydrogens is 180 g/mol. The van der Waals surface area contributed by atoms with Crippen LogP contribution < -0.4 is 0 Å². The van der Waals surface area contributed by atoms with Crippen molar-refractivity contribution >= 4 is 0 Å². The summed E-state index contributed by atoms with van der Waals surface area (Å²) in [5.74, 6) is 0. The minimum Gasteiger partial charge on any atom is -0.0990 e. The van der Waals surface area contributed by atoms with Gasteiger partial charge < -0.3 is 0 Å². The van der Waals surface area contributed by atoms with Crippen molar-refractivity contribution in [3.8, 4) is 0 Å². The average molecular weight is 204 g/mol. The average Bonchev–Trinajstić information content (AvgIpc) is 2.14. The second-order valence-corrected chi connectivity index (χ2v) is 4.86. The smallest absolute Gasteiger partial charge is 0.0170 e. The molecule has 0 heteroatoms. The molecule has 0 aliphatic heterocycles. The number of hydrogen-bond acceptors (Lipinski definition) is 0. The molecule has 84 valence electrons. The molecule has 0 N–H and O–H groups in total. The van der Waals surface area contributed by atoms with Crippen LogP contribution >= 0.6 is 0 Å². The minimum atomic E-state index is 0.228. The molecule has 0 aromatic carbocycles. The van der Waals surface area contributed by atoms with E-state index in [0.29, 0.717) is 0 Å². The Balaban J connectivity index is 5.36. The third-order valence-electron chi connectivity index (χ3n) is 2.76. The van der Waals surface area contributed by atoms with E-state index in [9.17, 15) is 0 Å². The van der Waals surface area contributed by atoms with E-state index >= 15 is 0 Å². The molecule has 0 saturated heterocycles. The first-order valence-corrected chi connectivity index (χ1v) is 5.48. The summed E-state index contributed by atoms with van der Waals surface area (Å²) in [6.07, 6.45) is 8.10. The van der Waals surface area contributed by atoms with Gasteiger partial charge in [0.05, 0.1) is 0 Å². The highest BCUT2D eigenvalue weighted by molar-refractivity contribution is 5.43. The first-order valence-electron chi connectivity index (χ1n) is 5.48. The summed E-state index contributed by atoms with van der Waals surface area (Å²) in [4.78, 5) is 0. The lowest BCUT2D eigenvalue weighted by atomic mass is 9.83. The Hall–Kier alpha value is -1.04. The molecule has 0 aromatic heterocycles. The Morgan fingerprint density at radius 2 is 1.67 bits per heavy atom. The van der Waals surface area contributed by atoms with Crippen molar-refractivity contribution in [2.24, 2.45) is 5.41 Å². The normalized spacial score (nSPS) is 15.5. The van der Waals surface area contributed by atoms with Crippen LogP contribution in [0.1, 0.15) is 41.5 Å². The molecule has 0 aliphatic carbocycles. The van der Waals surface area contributed by atoms with Crippen LogP contribution in [0.3, 0.4) is 0 Å². The van der Waals surface area contributed by atoms with Crippen LogP contribution in [-0.2, 0) is 0 Å². The molecule has 0 unspecified atom stereocenters. The highest BCUT2D eigenvalue weighted by atomic mass is 14.2. The van der Waals surface area contributed by atoms with Gasteiger partial charge in [-0.05, 0) is 37.3 Å². The molecule has 0 aliphatic rings. The lowest BCUT2D eigenvalue weighted by molar-refractivity contribution is 0.499. The maximum atomic E-state index is 3.75. The van der Waals surface area contributed by atoms with Gasteiger partial charge in [0.1, 0.15) is 0 Å². The highest BCUT2D eigenvalue weighted by Gasteiger charge is 2.15. The van der Waals surface area contributed by atoms with E-state index in [-0.39, 0.29) is 5.41 Å². The van der Waals surface area contributed by atoms with Crippen LogP contribution in [0.4, 0.5) is 0 Å². The molecule has 0 saturated carbocycles. The largest absolute Gasteiger partial charge is 0.0990 e. The van der Waals surface area contributed by atoms with Crippen molar-refractivity contribution in [1.82, 2.24) is 0 Å². The van der Waals surface area contributed by atoms with Crippen molar-refractivity contribution in [3.05, 3.63) is 47.6 Å². The third kappa shape index (κ3) is 4.33. The van der Waals surface area contributed by atoms with Gasteiger partial charge in [-0.2, -0.15) is 0 Å². The van der Waals surface area contributed by atoms with Crippen LogP contribution in [-0.4, -0.2) is 0 Å². The zero-order valence-electron chi connectivity index (χ0n) is 11.0. The van der Waals surface area contributed by atoms with E-state index in [1.54, 1.807) is 0 Å². The lowest BCUT2D eigenvalue weighted by Crippen LogP contribution is -2.09. The fourth-order valence-electron chi connectivity index (χ4n) is 1.39. The molecule has 0 heterocycles. The van der Waals surface area contributed by atoms with Crippen LogP contribution in [0, 0.1) is 5.41 Å². The van der Waals surface area contributed by atoms with Gasteiger partial charge in [0.25, 0.3) is 0 Å². The fourth-order valence-corrected chi connectivity index (χ4v) is 1.39. The maximum Gasteiger partial charge on any atom is -0.0170 e. The Labute approximate surface area is 95.1 Å². The highest BCUT2D eigenvalue weighted by Crippen LogP contribution is 2.30. The van der Waals surface area contributed by atoms with Crippen molar-refractivity contribution in [3.63, 3.8) is 0 Å². The lowest BCUT2D eigenvalue weighted by Gasteiger charge is -2.23. The topological polar surface area (TPSA) is 0 Å². The van der Waals surface area contributed by atoms with Gasteiger partial charge in [0.15, 0.2) is 0 Å². The van der Waals surface area contributed by atoms with Gasteiger partial charge in [-0.1, -0.05) is 57.2 Å². The predicted molar refractivity (Wildman–Crippen MR) is 70.9 cm³/mol. The third-order valence-corrected chi connectivity index (χ3v) is 2.76. The molecule has 0 amide bonds. The first-order chi connectivity index (χ1) is 6.84.